The Balaban J connectivity index is 3.15. The van der Waals surface area contributed by atoms with E-state index in [1.807, 2.05) is 0 Å². The van der Waals surface area contributed by atoms with Gasteiger partial charge >= 0.3 is 0 Å². The third-order valence-electron chi connectivity index (χ3n) is 1.54. The van der Waals surface area contributed by atoms with E-state index >= 15 is 0 Å². The molecule has 1 radical (unpaired) electrons. The van der Waals surface area contributed by atoms with Crippen molar-refractivity contribution in [2.24, 2.45) is 0 Å². The molecule has 0 aromatic rings. The van der Waals surface area contributed by atoms with Crippen LogP contribution in [0.2, 0.25) is 0 Å². The lowest BCUT2D eigenvalue weighted by Gasteiger charge is -1.95. The summed E-state index contributed by atoms with van der Waals surface area (Å²) < 4.78 is 0. The van der Waals surface area contributed by atoms with Gasteiger partial charge in [-0.05, 0) is 12.8 Å². The molecule has 0 aromatic heterocycles. The van der Waals surface area contributed by atoms with Gasteiger partial charge in [-0.15, -0.1) is 0 Å². The predicted molar refractivity (Wildman–Crippen MR) is 44.1 cm³/mol. The van der Waals surface area contributed by atoms with Gasteiger partial charge in [0.15, 0.2) is 6.29 Å². The molecule has 0 heterocycles. The molecule has 0 bridgehead atoms. The molecule has 0 N–H and O–H groups in total. The first-order valence-corrected chi connectivity index (χ1v) is 4.18. The molecule has 0 amide bonds. The summed E-state index contributed by atoms with van der Waals surface area (Å²) in [6, 6.07) is 0. The average Bonchev–Trinajstić information content (AvgIpc) is 2.01. The Labute approximate surface area is 68.0 Å². The van der Waals surface area contributed by atoms with Gasteiger partial charge in [-0.1, -0.05) is 13.3 Å². The number of hydrogen-bond donors (Lipinski definition) is 0. The quantitative estimate of drug-likeness (QED) is 0.527. The zero-order chi connectivity index (χ0) is 8.53. The summed E-state index contributed by atoms with van der Waals surface area (Å²) >= 11 is 0. The number of ketones is 1. The maximum Gasteiger partial charge on any atom is 0.198 e. The van der Waals surface area contributed by atoms with Crippen molar-refractivity contribution in [3.05, 3.63) is 0 Å². The molecule has 0 saturated heterocycles. The Morgan fingerprint density at radius 1 is 1.27 bits per heavy atom. The van der Waals surface area contributed by atoms with Crippen LogP contribution in [-0.2, 0) is 9.59 Å². The first-order valence-electron chi connectivity index (χ1n) is 4.18. The summed E-state index contributed by atoms with van der Waals surface area (Å²) in [6.07, 6.45) is 6.11. The molecule has 0 rings (SSSR count). The molecule has 0 fully saturated rings. The third-order valence-corrected chi connectivity index (χ3v) is 1.54. The second-order valence-electron chi connectivity index (χ2n) is 2.64. The minimum absolute atomic E-state index is 0.280. The highest BCUT2D eigenvalue weighted by atomic mass is 16.1. The number of rotatable bonds is 7. The van der Waals surface area contributed by atoms with Crippen LogP contribution in [0, 0.1) is 0 Å². The number of unbranched alkanes of at least 4 members (excludes halogenated alkanes) is 2. The van der Waals surface area contributed by atoms with Crippen molar-refractivity contribution in [3.8, 4) is 0 Å². The summed E-state index contributed by atoms with van der Waals surface area (Å²) in [5, 5.41) is 0. The van der Waals surface area contributed by atoms with Gasteiger partial charge in [0.1, 0.15) is 5.78 Å². The van der Waals surface area contributed by atoms with Crippen molar-refractivity contribution < 1.29 is 9.59 Å². The van der Waals surface area contributed by atoms with E-state index in [1.54, 1.807) is 6.29 Å². The number of carbonyl (C=O) groups is 1. The highest BCUT2D eigenvalue weighted by molar-refractivity contribution is 5.78. The summed E-state index contributed by atoms with van der Waals surface area (Å²) in [5.41, 5.74) is 0. The molecule has 2 heteroatoms. The summed E-state index contributed by atoms with van der Waals surface area (Å²) in [4.78, 5) is 20.7. The minimum atomic E-state index is 0.280. The average molecular weight is 155 g/mol. The van der Waals surface area contributed by atoms with Crippen molar-refractivity contribution in [1.29, 1.82) is 0 Å². The topological polar surface area (TPSA) is 34.1 Å². The first kappa shape index (κ1) is 10.3. The van der Waals surface area contributed by atoms with Crippen LogP contribution in [0.15, 0.2) is 0 Å². The fourth-order valence-electron chi connectivity index (χ4n) is 0.857. The van der Waals surface area contributed by atoms with Crippen molar-refractivity contribution in [1.82, 2.24) is 0 Å². The second kappa shape index (κ2) is 7.45. The molecular weight excluding hydrogens is 140 g/mol. The van der Waals surface area contributed by atoms with E-state index in [-0.39, 0.29) is 5.78 Å². The van der Waals surface area contributed by atoms with Crippen LogP contribution in [0.4, 0.5) is 0 Å². The number of carbonyl (C=O) groups excluding carboxylic acids is 2. The Hall–Kier alpha value is -0.660. The van der Waals surface area contributed by atoms with Gasteiger partial charge in [-0.3, -0.25) is 9.59 Å². The van der Waals surface area contributed by atoms with E-state index in [4.69, 9.17) is 0 Å². The number of Topliss-reactive ketones (excluding diaryl/α,β-unsaturated/α-hetero) is 1. The molecule has 0 aliphatic carbocycles. The van der Waals surface area contributed by atoms with Crippen molar-refractivity contribution in [2.45, 2.75) is 45.4 Å². The molecule has 0 spiro atoms. The number of hydrogen-bond acceptors (Lipinski definition) is 2. The fourth-order valence-corrected chi connectivity index (χ4v) is 0.857. The zero-order valence-corrected chi connectivity index (χ0v) is 7.06. The van der Waals surface area contributed by atoms with Crippen LogP contribution in [0.3, 0.4) is 0 Å². The first-order chi connectivity index (χ1) is 5.31. The van der Waals surface area contributed by atoms with Gasteiger partial charge in [0.05, 0.1) is 0 Å². The van der Waals surface area contributed by atoms with Crippen LogP contribution in [-0.4, -0.2) is 12.1 Å². The molecule has 0 atom stereocenters. The molecule has 11 heavy (non-hydrogen) atoms. The molecule has 63 valence electrons. The van der Waals surface area contributed by atoms with Crippen LogP contribution in [0.1, 0.15) is 45.4 Å². The van der Waals surface area contributed by atoms with Gasteiger partial charge in [-0.2, -0.15) is 0 Å². The van der Waals surface area contributed by atoms with E-state index in [9.17, 15) is 9.59 Å². The van der Waals surface area contributed by atoms with Crippen LogP contribution < -0.4 is 0 Å². The summed E-state index contributed by atoms with van der Waals surface area (Å²) in [5.74, 6) is 0.280. The van der Waals surface area contributed by atoms with Gasteiger partial charge in [0.25, 0.3) is 0 Å². The smallest absolute Gasteiger partial charge is 0.198 e. The van der Waals surface area contributed by atoms with Crippen LogP contribution in [0.25, 0.3) is 0 Å². The van der Waals surface area contributed by atoms with E-state index in [2.05, 4.69) is 6.92 Å². The van der Waals surface area contributed by atoms with E-state index in [0.717, 1.165) is 12.8 Å². The lowest BCUT2D eigenvalue weighted by Crippen LogP contribution is -1.96. The largest absolute Gasteiger partial charge is 0.300 e. The van der Waals surface area contributed by atoms with Gasteiger partial charge in [-0.25, -0.2) is 0 Å². The molecule has 0 aliphatic heterocycles. The van der Waals surface area contributed by atoms with Gasteiger partial charge in [0.2, 0.25) is 0 Å². The Bertz CT molecular complexity index is 119. The second-order valence-corrected chi connectivity index (χ2v) is 2.64. The van der Waals surface area contributed by atoms with Crippen molar-refractivity contribution in [2.75, 3.05) is 0 Å². The zero-order valence-electron chi connectivity index (χ0n) is 7.06. The van der Waals surface area contributed by atoms with E-state index in [1.165, 1.54) is 0 Å². The predicted octanol–water partition coefficient (Wildman–Crippen LogP) is 2.03. The normalized spacial score (nSPS) is 9.55. The van der Waals surface area contributed by atoms with Gasteiger partial charge < -0.3 is 0 Å². The fraction of sp³-hybridized carbons (Fsp3) is 0.778. The molecule has 0 saturated carbocycles. The monoisotopic (exact) mass is 155 g/mol. The van der Waals surface area contributed by atoms with Crippen molar-refractivity contribution in [3.63, 3.8) is 0 Å². The highest BCUT2D eigenvalue weighted by Gasteiger charge is 1.99. The lowest BCUT2D eigenvalue weighted by atomic mass is 10.1. The third kappa shape index (κ3) is 7.23. The van der Waals surface area contributed by atoms with Crippen LogP contribution >= 0.6 is 0 Å². The van der Waals surface area contributed by atoms with Crippen molar-refractivity contribution >= 4 is 12.1 Å². The molecule has 0 aliphatic rings. The molecule has 0 unspecified atom stereocenters. The molecule has 0 aromatic carbocycles. The standard InChI is InChI=1S/C9H15O2/c1-2-3-6-9(11)7-4-5-8-10/h2-7H2,1H3. The minimum Gasteiger partial charge on any atom is -0.300 e. The van der Waals surface area contributed by atoms with Crippen LogP contribution in [0.5, 0.6) is 0 Å². The lowest BCUT2D eigenvalue weighted by molar-refractivity contribution is -0.119. The Morgan fingerprint density at radius 3 is 2.45 bits per heavy atom. The van der Waals surface area contributed by atoms with E-state index in [0.29, 0.717) is 25.7 Å². The molecule has 2 nitrogen and oxygen atoms in total. The highest BCUT2D eigenvalue weighted by Crippen LogP contribution is 2.01. The Morgan fingerprint density at radius 2 is 1.91 bits per heavy atom. The maximum atomic E-state index is 10.9. The SMILES string of the molecule is CCCCC(=O)CCC[C]=O. The Kier molecular flexibility index (Phi) is 7.00. The van der Waals surface area contributed by atoms with E-state index < -0.39 is 0 Å². The summed E-state index contributed by atoms with van der Waals surface area (Å²) in [7, 11) is 0. The molecular formula is C9H15O2. The maximum absolute atomic E-state index is 10.9. The van der Waals surface area contributed by atoms with Gasteiger partial charge in [0, 0.05) is 19.3 Å². The summed E-state index contributed by atoms with van der Waals surface area (Å²) in [6.45, 7) is 2.06.